The molecule has 0 bridgehead atoms. The van der Waals surface area contributed by atoms with E-state index in [1.807, 2.05) is 79.7 Å². The van der Waals surface area contributed by atoms with Crippen molar-refractivity contribution in [2.45, 2.75) is 13.3 Å². The number of carbonyl (C=O) groups excluding carboxylic acids is 1. The largest absolute Gasteiger partial charge is 0.497 e. The number of halogens is 1. The van der Waals surface area contributed by atoms with Gasteiger partial charge >= 0.3 is 0 Å². The Morgan fingerprint density at radius 2 is 1.81 bits per heavy atom. The fourth-order valence-corrected chi connectivity index (χ4v) is 3.91. The number of fused-ring (bicyclic) bond motifs is 1. The molecule has 4 rings (SSSR count). The Labute approximate surface area is 186 Å². The SMILES string of the molecule is COc1ccc(CCNC(=O)c2c(C)c(-c3cccc(Cl)c3)nc3ccccc23)cc1. The molecular weight excluding hydrogens is 408 g/mol. The van der Waals surface area contributed by atoms with Gasteiger partial charge < -0.3 is 10.1 Å². The lowest BCUT2D eigenvalue weighted by Gasteiger charge is -2.15. The fraction of sp³-hybridized carbons (Fsp3) is 0.154. The molecule has 1 amide bonds. The molecule has 0 unspecified atom stereocenters. The Morgan fingerprint density at radius 1 is 1.03 bits per heavy atom. The Balaban J connectivity index is 1.63. The van der Waals surface area contributed by atoms with Crippen LogP contribution in [-0.2, 0) is 6.42 Å². The summed E-state index contributed by atoms with van der Waals surface area (Å²) >= 11 is 6.20. The maximum absolute atomic E-state index is 13.2. The second-order valence-corrected chi connectivity index (χ2v) is 7.78. The van der Waals surface area contributed by atoms with Gasteiger partial charge in [0.2, 0.25) is 0 Å². The molecule has 1 aromatic heterocycles. The zero-order valence-corrected chi connectivity index (χ0v) is 18.2. The smallest absolute Gasteiger partial charge is 0.252 e. The molecule has 0 spiro atoms. The van der Waals surface area contributed by atoms with Crippen LogP contribution in [0.5, 0.6) is 5.75 Å². The standard InChI is InChI=1S/C26H23ClN2O2/c1-17-24(26(30)28-15-14-18-10-12-21(31-2)13-11-18)22-8-3-4-9-23(22)29-25(17)19-6-5-7-20(27)16-19/h3-13,16H,14-15H2,1-2H3,(H,28,30). The van der Waals surface area contributed by atoms with Gasteiger partial charge in [-0.3, -0.25) is 4.79 Å². The van der Waals surface area contributed by atoms with E-state index in [9.17, 15) is 4.79 Å². The number of nitrogens with zero attached hydrogens (tertiary/aromatic N) is 1. The van der Waals surface area contributed by atoms with Crippen LogP contribution >= 0.6 is 11.6 Å². The number of hydrogen-bond acceptors (Lipinski definition) is 3. The molecule has 5 heteroatoms. The molecule has 3 aromatic carbocycles. The topological polar surface area (TPSA) is 51.2 Å². The van der Waals surface area contributed by atoms with Crippen LogP contribution in [0.2, 0.25) is 5.02 Å². The Morgan fingerprint density at radius 3 is 2.55 bits per heavy atom. The van der Waals surface area contributed by atoms with E-state index in [0.717, 1.165) is 45.5 Å². The van der Waals surface area contributed by atoms with Crippen molar-refractivity contribution in [2.75, 3.05) is 13.7 Å². The predicted molar refractivity (Wildman–Crippen MR) is 126 cm³/mol. The molecule has 0 atom stereocenters. The summed E-state index contributed by atoms with van der Waals surface area (Å²) in [7, 11) is 1.65. The normalized spacial score (nSPS) is 10.8. The van der Waals surface area contributed by atoms with Crippen LogP contribution in [0.1, 0.15) is 21.5 Å². The number of hydrogen-bond donors (Lipinski definition) is 1. The van der Waals surface area contributed by atoms with Crippen LogP contribution < -0.4 is 10.1 Å². The number of aromatic nitrogens is 1. The monoisotopic (exact) mass is 430 g/mol. The first-order valence-electron chi connectivity index (χ1n) is 10.1. The molecule has 0 saturated carbocycles. The molecule has 4 nitrogen and oxygen atoms in total. The third-order valence-electron chi connectivity index (χ3n) is 5.32. The van der Waals surface area contributed by atoms with Gasteiger partial charge in [0.05, 0.1) is 23.9 Å². The molecule has 0 radical (unpaired) electrons. The van der Waals surface area contributed by atoms with Crippen LogP contribution in [0.3, 0.4) is 0 Å². The first kappa shape index (κ1) is 20.9. The van der Waals surface area contributed by atoms with E-state index >= 15 is 0 Å². The van der Waals surface area contributed by atoms with Crippen LogP contribution in [0.15, 0.2) is 72.8 Å². The molecule has 0 aliphatic rings. The lowest BCUT2D eigenvalue weighted by molar-refractivity contribution is 0.0955. The Kier molecular flexibility index (Phi) is 6.19. The van der Waals surface area contributed by atoms with Crippen molar-refractivity contribution in [1.82, 2.24) is 10.3 Å². The van der Waals surface area contributed by atoms with E-state index < -0.39 is 0 Å². The number of amides is 1. The van der Waals surface area contributed by atoms with E-state index in [1.165, 1.54) is 0 Å². The highest BCUT2D eigenvalue weighted by Gasteiger charge is 2.18. The van der Waals surface area contributed by atoms with Crippen molar-refractivity contribution in [3.8, 4) is 17.0 Å². The number of para-hydroxylation sites is 1. The zero-order chi connectivity index (χ0) is 21.8. The van der Waals surface area contributed by atoms with Gasteiger partial charge in [0, 0.05) is 22.5 Å². The van der Waals surface area contributed by atoms with Crippen LogP contribution in [0, 0.1) is 6.92 Å². The highest BCUT2D eigenvalue weighted by atomic mass is 35.5. The number of carbonyl (C=O) groups is 1. The van der Waals surface area contributed by atoms with Gasteiger partial charge in [-0.2, -0.15) is 0 Å². The average molecular weight is 431 g/mol. The number of nitrogens with one attached hydrogen (secondary N) is 1. The number of rotatable bonds is 6. The van der Waals surface area contributed by atoms with Gasteiger partial charge in [-0.05, 0) is 54.8 Å². The summed E-state index contributed by atoms with van der Waals surface area (Å²) in [6, 6.07) is 23.1. The summed E-state index contributed by atoms with van der Waals surface area (Å²) in [5, 5.41) is 4.55. The zero-order valence-electron chi connectivity index (χ0n) is 17.5. The lowest BCUT2D eigenvalue weighted by Crippen LogP contribution is -2.27. The Hall–Kier alpha value is -3.37. The van der Waals surface area contributed by atoms with Crippen molar-refractivity contribution in [3.63, 3.8) is 0 Å². The average Bonchev–Trinajstić information content (AvgIpc) is 2.79. The van der Waals surface area contributed by atoms with E-state index in [4.69, 9.17) is 21.3 Å². The minimum absolute atomic E-state index is 0.104. The number of pyridine rings is 1. The summed E-state index contributed by atoms with van der Waals surface area (Å²) in [6.45, 7) is 2.47. The summed E-state index contributed by atoms with van der Waals surface area (Å²) in [5.74, 6) is 0.716. The minimum Gasteiger partial charge on any atom is -0.497 e. The van der Waals surface area contributed by atoms with E-state index in [2.05, 4.69) is 5.32 Å². The molecule has 0 aliphatic heterocycles. The van der Waals surface area contributed by atoms with Crippen LogP contribution in [0.25, 0.3) is 22.2 Å². The molecule has 0 aliphatic carbocycles. The first-order chi connectivity index (χ1) is 15.1. The molecule has 156 valence electrons. The molecule has 31 heavy (non-hydrogen) atoms. The van der Waals surface area contributed by atoms with Crippen molar-refractivity contribution in [1.29, 1.82) is 0 Å². The summed E-state index contributed by atoms with van der Waals surface area (Å²) < 4.78 is 5.19. The molecule has 0 saturated heterocycles. The molecule has 1 N–H and O–H groups in total. The van der Waals surface area contributed by atoms with Gasteiger partial charge in [0.25, 0.3) is 5.91 Å². The summed E-state index contributed by atoms with van der Waals surface area (Å²) in [4.78, 5) is 18.1. The van der Waals surface area contributed by atoms with Crippen LogP contribution in [-0.4, -0.2) is 24.5 Å². The first-order valence-corrected chi connectivity index (χ1v) is 10.5. The number of methoxy groups -OCH3 is 1. The maximum Gasteiger partial charge on any atom is 0.252 e. The lowest BCUT2D eigenvalue weighted by atomic mass is 9.97. The van der Waals surface area contributed by atoms with Gasteiger partial charge in [-0.15, -0.1) is 0 Å². The van der Waals surface area contributed by atoms with Gasteiger partial charge in [0.1, 0.15) is 5.75 Å². The fourth-order valence-electron chi connectivity index (χ4n) is 3.72. The van der Waals surface area contributed by atoms with E-state index in [1.54, 1.807) is 7.11 Å². The number of benzene rings is 3. The third-order valence-corrected chi connectivity index (χ3v) is 5.55. The van der Waals surface area contributed by atoms with Crippen molar-refractivity contribution in [3.05, 3.63) is 94.5 Å². The van der Waals surface area contributed by atoms with Crippen LogP contribution in [0.4, 0.5) is 0 Å². The number of ether oxygens (including phenoxy) is 1. The molecule has 1 heterocycles. The highest BCUT2D eigenvalue weighted by molar-refractivity contribution is 6.30. The highest BCUT2D eigenvalue weighted by Crippen LogP contribution is 2.30. The van der Waals surface area contributed by atoms with Gasteiger partial charge in [-0.1, -0.05) is 54.1 Å². The Bertz CT molecular complexity index is 1240. The third kappa shape index (κ3) is 4.54. The second kappa shape index (κ2) is 9.19. The van der Waals surface area contributed by atoms with Gasteiger partial charge in [0.15, 0.2) is 0 Å². The van der Waals surface area contributed by atoms with Crippen molar-refractivity contribution in [2.24, 2.45) is 0 Å². The van der Waals surface area contributed by atoms with E-state index in [0.29, 0.717) is 17.1 Å². The van der Waals surface area contributed by atoms with Crippen molar-refractivity contribution < 1.29 is 9.53 Å². The maximum atomic E-state index is 13.2. The summed E-state index contributed by atoms with van der Waals surface area (Å²) in [5.41, 5.74) is 5.06. The van der Waals surface area contributed by atoms with Crippen molar-refractivity contribution >= 4 is 28.4 Å². The summed E-state index contributed by atoms with van der Waals surface area (Å²) in [6.07, 6.45) is 0.735. The molecular formula is C26H23ClN2O2. The van der Waals surface area contributed by atoms with E-state index in [-0.39, 0.29) is 5.91 Å². The minimum atomic E-state index is -0.104. The predicted octanol–water partition coefficient (Wildman–Crippen LogP) is 5.84. The molecule has 0 fully saturated rings. The van der Waals surface area contributed by atoms with Gasteiger partial charge in [-0.25, -0.2) is 4.98 Å². The quantitative estimate of drug-likeness (QED) is 0.417. The second-order valence-electron chi connectivity index (χ2n) is 7.34. The molecule has 4 aromatic rings.